The normalized spacial score (nSPS) is 14.6. The molecule has 1 aliphatic heterocycles. The number of hydrogen-bond acceptors (Lipinski definition) is 3. The number of aryl methyl sites for hydroxylation is 1. The van der Waals surface area contributed by atoms with Crippen molar-refractivity contribution in [1.29, 1.82) is 0 Å². The second-order valence-electron chi connectivity index (χ2n) is 3.77. The minimum Gasteiger partial charge on any atom is -0.315 e. The van der Waals surface area contributed by atoms with Crippen LogP contribution < -0.4 is 16.2 Å². The van der Waals surface area contributed by atoms with E-state index in [1.807, 2.05) is 0 Å². The highest BCUT2D eigenvalue weighted by molar-refractivity contribution is 5.98. The Labute approximate surface area is 93.2 Å². The summed E-state index contributed by atoms with van der Waals surface area (Å²) in [6.07, 6.45) is 1.15. The maximum atomic E-state index is 11.5. The number of hydrogen-bond donors (Lipinski definition) is 2. The van der Waals surface area contributed by atoms with E-state index in [9.17, 15) is 9.59 Å². The summed E-state index contributed by atoms with van der Waals surface area (Å²) in [6, 6.07) is 5.22. The van der Waals surface area contributed by atoms with E-state index in [1.54, 1.807) is 30.1 Å². The van der Waals surface area contributed by atoms with Crippen LogP contribution in [0.5, 0.6) is 0 Å². The van der Waals surface area contributed by atoms with Gasteiger partial charge in [0.15, 0.2) is 0 Å². The van der Waals surface area contributed by atoms with Gasteiger partial charge in [0.05, 0.1) is 0 Å². The Kier molecular flexibility index (Phi) is 2.62. The van der Waals surface area contributed by atoms with Crippen LogP contribution in [-0.2, 0) is 11.2 Å². The number of carbonyl (C=O) groups excluding carboxylic acids is 2. The van der Waals surface area contributed by atoms with E-state index in [4.69, 9.17) is 5.84 Å². The van der Waals surface area contributed by atoms with Gasteiger partial charge < -0.3 is 4.90 Å². The van der Waals surface area contributed by atoms with Crippen molar-refractivity contribution in [1.82, 2.24) is 5.43 Å². The van der Waals surface area contributed by atoms with Crippen LogP contribution in [0.4, 0.5) is 5.69 Å². The number of nitrogens with two attached hydrogens (primary N) is 1. The maximum Gasteiger partial charge on any atom is 0.265 e. The molecular weight excluding hydrogens is 206 g/mol. The molecule has 2 amide bonds. The molecule has 0 atom stereocenters. The summed E-state index contributed by atoms with van der Waals surface area (Å²) in [5, 5.41) is 0. The number of hydrazine groups is 1. The summed E-state index contributed by atoms with van der Waals surface area (Å²) in [7, 11) is 1.74. The van der Waals surface area contributed by atoms with E-state index in [2.05, 4.69) is 5.43 Å². The minimum absolute atomic E-state index is 0.100. The largest absolute Gasteiger partial charge is 0.315 e. The van der Waals surface area contributed by atoms with Gasteiger partial charge in [-0.15, -0.1) is 0 Å². The van der Waals surface area contributed by atoms with Gasteiger partial charge in [0.2, 0.25) is 5.91 Å². The Balaban J connectivity index is 2.41. The summed E-state index contributed by atoms with van der Waals surface area (Å²) in [5.74, 6) is 4.85. The van der Waals surface area contributed by atoms with Crippen molar-refractivity contribution < 1.29 is 9.59 Å². The average Bonchev–Trinajstić information content (AvgIpc) is 2.32. The lowest BCUT2D eigenvalue weighted by molar-refractivity contribution is -0.118. The van der Waals surface area contributed by atoms with E-state index in [1.165, 1.54) is 0 Å². The van der Waals surface area contributed by atoms with Crippen molar-refractivity contribution in [2.75, 3.05) is 11.9 Å². The van der Waals surface area contributed by atoms with E-state index >= 15 is 0 Å². The molecule has 16 heavy (non-hydrogen) atoms. The predicted octanol–water partition coefficient (Wildman–Crippen LogP) is 0.199. The fourth-order valence-corrected chi connectivity index (χ4v) is 1.88. The number of anilines is 1. The number of rotatable bonds is 1. The van der Waals surface area contributed by atoms with Crippen molar-refractivity contribution in [3.63, 3.8) is 0 Å². The molecule has 1 heterocycles. The van der Waals surface area contributed by atoms with Crippen molar-refractivity contribution in [2.45, 2.75) is 12.8 Å². The zero-order chi connectivity index (χ0) is 11.7. The number of fused-ring (bicyclic) bond motifs is 1. The molecule has 0 unspecified atom stereocenters. The predicted molar refractivity (Wildman–Crippen MR) is 59.8 cm³/mol. The summed E-state index contributed by atoms with van der Waals surface area (Å²) in [6.45, 7) is 0. The SMILES string of the molecule is CN1C(=O)CCc2cc(C(=O)NN)ccc21. The van der Waals surface area contributed by atoms with Gasteiger partial charge in [-0.2, -0.15) is 0 Å². The zero-order valence-electron chi connectivity index (χ0n) is 8.99. The van der Waals surface area contributed by atoms with Crippen LogP contribution in [0.25, 0.3) is 0 Å². The van der Waals surface area contributed by atoms with Gasteiger partial charge in [-0.3, -0.25) is 15.0 Å². The Bertz CT molecular complexity index is 457. The molecule has 5 heteroatoms. The maximum absolute atomic E-state index is 11.5. The van der Waals surface area contributed by atoms with Crippen LogP contribution in [0.1, 0.15) is 22.3 Å². The molecule has 0 spiro atoms. The number of nitrogen functional groups attached to an aromatic ring is 1. The summed E-state index contributed by atoms with van der Waals surface area (Å²) < 4.78 is 0. The van der Waals surface area contributed by atoms with Gasteiger partial charge in [-0.25, -0.2) is 5.84 Å². The molecule has 0 radical (unpaired) electrons. The molecule has 0 fully saturated rings. The third-order valence-corrected chi connectivity index (χ3v) is 2.82. The number of amides is 2. The van der Waals surface area contributed by atoms with E-state index in [0.29, 0.717) is 18.4 Å². The number of nitrogens with one attached hydrogen (secondary N) is 1. The standard InChI is InChI=1S/C11H13N3O2/c1-14-9-4-2-8(11(16)13-12)6-7(9)3-5-10(14)15/h2,4,6H,3,5,12H2,1H3,(H,13,16). The Hall–Kier alpha value is -1.88. The van der Waals surface area contributed by atoms with Crippen LogP contribution >= 0.6 is 0 Å². The molecule has 0 saturated heterocycles. The van der Waals surface area contributed by atoms with Gasteiger partial charge in [-0.05, 0) is 30.2 Å². The molecule has 0 aromatic heterocycles. The molecular formula is C11H13N3O2. The monoisotopic (exact) mass is 219 g/mol. The zero-order valence-corrected chi connectivity index (χ0v) is 8.99. The number of nitrogens with zero attached hydrogens (tertiary/aromatic N) is 1. The lowest BCUT2D eigenvalue weighted by Gasteiger charge is -2.25. The fourth-order valence-electron chi connectivity index (χ4n) is 1.88. The molecule has 1 aromatic rings. The first-order chi connectivity index (χ1) is 7.63. The topological polar surface area (TPSA) is 75.4 Å². The third kappa shape index (κ3) is 1.65. The molecule has 2 rings (SSSR count). The smallest absolute Gasteiger partial charge is 0.265 e. The summed E-state index contributed by atoms with van der Waals surface area (Å²) in [5.41, 5.74) is 4.47. The highest BCUT2D eigenvalue weighted by Gasteiger charge is 2.21. The highest BCUT2D eigenvalue weighted by atomic mass is 16.2. The Morgan fingerprint density at radius 1 is 1.44 bits per heavy atom. The molecule has 0 saturated carbocycles. The fraction of sp³-hybridized carbons (Fsp3) is 0.273. The van der Waals surface area contributed by atoms with Crippen LogP contribution in [0.3, 0.4) is 0 Å². The van der Waals surface area contributed by atoms with Gasteiger partial charge in [0.25, 0.3) is 5.91 Å². The molecule has 3 N–H and O–H groups in total. The van der Waals surface area contributed by atoms with Gasteiger partial charge in [-0.1, -0.05) is 0 Å². The number of benzene rings is 1. The van der Waals surface area contributed by atoms with Crippen molar-refractivity contribution in [3.05, 3.63) is 29.3 Å². The lowest BCUT2D eigenvalue weighted by atomic mass is 9.99. The quantitative estimate of drug-likeness (QED) is 0.402. The van der Waals surface area contributed by atoms with Crippen LogP contribution in [0, 0.1) is 0 Å². The van der Waals surface area contributed by atoms with E-state index < -0.39 is 0 Å². The first-order valence-corrected chi connectivity index (χ1v) is 5.04. The summed E-state index contributed by atoms with van der Waals surface area (Å²) in [4.78, 5) is 24.4. The average molecular weight is 219 g/mol. The van der Waals surface area contributed by atoms with Crippen molar-refractivity contribution in [3.8, 4) is 0 Å². The second kappa shape index (κ2) is 3.94. The lowest BCUT2D eigenvalue weighted by Crippen LogP contribution is -2.32. The van der Waals surface area contributed by atoms with E-state index in [-0.39, 0.29) is 11.8 Å². The third-order valence-electron chi connectivity index (χ3n) is 2.82. The first-order valence-electron chi connectivity index (χ1n) is 5.04. The minimum atomic E-state index is -0.317. The van der Waals surface area contributed by atoms with Gasteiger partial charge in [0, 0.05) is 24.7 Å². The van der Waals surface area contributed by atoms with E-state index in [0.717, 1.165) is 11.3 Å². The van der Waals surface area contributed by atoms with Crippen LogP contribution in [0.2, 0.25) is 0 Å². The Morgan fingerprint density at radius 3 is 2.88 bits per heavy atom. The van der Waals surface area contributed by atoms with Gasteiger partial charge in [0.1, 0.15) is 0 Å². The number of carbonyl (C=O) groups is 2. The van der Waals surface area contributed by atoms with Crippen molar-refractivity contribution in [2.24, 2.45) is 5.84 Å². The van der Waals surface area contributed by atoms with Gasteiger partial charge >= 0.3 is 0 Å². The molecule has 0 aliphatic carbocycles. The van der Waals surface area contributed by atoms with Crippen LogP contribution in [-0.4, -0.2) is 18.9 Å². The van der Waals surface area contributed by atoms with Crippen LogP contribution in [0.15, 0.2) is 18.2 Å². The highest BCUT2D eigenvalue weighted by Crippen LogP contribution is 2.27. The Morgan fingerprint density at radius 2 is 2.19 bits per heavy atom. The molecule has 1 aromatic carbocycles. The molecule has 84 valence electrons. The molecule has 5 nitrogen and oxygen atoms in total. The molecule has 1 aliphatic rings. The van der Waals surface area contributed by atoms with Crippen molar-refractivity contribution >= 4 is 17.5 Å². The second-order valence-corrected chi connectivity index (χ2v) is 3.77. The first kappa shape index (κ1) is 10.6. The summed E-state index contributed by atoms with van der Waals surface area (Å²) >= 11 is 0. The molecule has 0 bridgehead atoms.